The molecule has 0 bridgehead atoms. The van der Waals surface area contributed by atoms with Gasteiger partial charge in [-0.1, -0.05) is 128 Å². The molecule has 2 aliphatic carbocycles. The molecule has 68 heavy (non-hydrogen) atoms. The maximum Gasteiger partial charge on any atom is 0.407 e. The van der Waals surface area contributed by atoms with Crippen molar-refractivity contribution in [3.05, 3.63) is 131 Å². The van der Waals surface area contributed by atoms with Crippen molar-refractivity contribution in [3.63, 3.8) is 0 Å². The molecule has 1 saturated carbocycles. The molecule has 0 radical (unpaired) electrons. The number of alkyl carbamates (subject to hydrolysis) is 1. The largest absolute Gasteiger partial charge is 0.462 e. The zero-order chi connectivity index (χ0) is 48.0. The fourth-order valence-corrected chi connectivity index (χ4v) is 9.94. The maximum absolute atomic E-state index is 15.1. The minimum absolute atomic E-state index is 0.0177. The van der Waals surface area contributed by atoms with Crippen molar-refractivity contribution in [2.24, 2.45) is 0 Å². The zero-order valence-electron chi connectivity index (χ0n) is 39.8. The van der Waals surface area contributed by atoms with Crippen LogP contribution in [0, 0.1) is 0 Å². The molecule has 3 aliphatic rings. The number of nitrogens with one attached hydrogen (secondary N) is 2. The van der Waals surface area contributed by atoms with Gasteiger partial charge in [-0.3, -0.25) is 24.0 Å². The summed E-state index contributed by atoms with van der Waals surface area (Å²) < 4.78 is 11.9. The Balaban J connectivity index is 1.14. The van der Waals surface area contributed by atoms with Crippen molar-refractivity contribution in [2.45, 2.75) is 127 Å². The molecule has 5 amide bonds. The van der Waals surface area contributed by atoms with E-state index in [9.17, 15) is 24.0 Å². The van der Waals surface area contributed by atoms with Crippen LogP contribution in [0.4, 0.5) is 4.79 Å². The van der Waals surface area contributed by atoms with Gasteiger partial charge >= 0.3 is 12.1 Å². The second-order valence-electron chi connectivity index (χ2n) is 18.6. The van der Waals surface area contributed by atoms with Gasteiger partial charge in [-0.25, -0.2) is 4.79 Å². The summed E-state index contributed by atoms with van der Waals surface area (Å²) in [6, 6.07) is 29.9. The third-order valence-corrected chi connectivity index (χ3v) is 13.8. The van der Waals surface area contributed by atoms with E-state index in [2.05, 4.69) is 10.6 Å². The lowest BCUT2D eigenvalue weighted by molar-refractivity contribution is -0.154. The number of carbonyl (C=O) groups is 6. The van der Waals surface area contributed by atoms with Crippen LogP contribution in [0.1, 0.15) is 106 Å². The fourth-order valence-electron chi connectivity index (χ4n) is 9.94. The van der Waals surface area contributed by atoms with Crippen LogP contribution in [0.25, 0.3) is 11.1 Å². The van der Waals surface area contributed by atoms with Gasteiger partial charge in [0.15, 0.2) is 0 Å². The minimum atomic E-state index is -1.46. The van der Waals surface area contributed by atoms with Crippen molar-refractivity contribution in [1.29, 1.82) is 0 Å². The quantitative estimate of drug-likeness (QED) is 0.103. The highest BCUT2D eigenvalue weighted by atomic mass is 16.6. The number of carbonyl (C=O) groups excluding carboxylic acids is 6. The Morgan fingerprint density at radius 2 is 1.12 bits per heavy atom. The first-order valence-electron chi connectivity index (χ1n) is 24.5. The van der Waals surface area contributed by atoms with Crippen molar-refractivity contribution >= 4 is 35.7 Å². The molecular formula is C55H67N5O8. The third kappa shape index (κ3) is 12.7. The fraction of sp³-hybridized carbons (Fsp3) is 0.455. The van der Waals surface area contributed by atoms with Gasteiger partial charge in [0.1, 0.15) is 36.9 Å². The van der Waals surface area contributed by atoms with Crippen LogP contribution >= 0.6 is 0 Å². The van der Waals surface area contributed by atoms with Crippen LogP contribution in [0.2, 0.25) is 0 Å². The molecule has 0 unspecified atom stereocenters. The molecule has 4 aromatic carbocycles. The molecule has 360 valence electrons. The number of nitrogens with zero attached hydrogens (tertiary/aromatic N) is 3. The summed E-state index contributed by atoms with van der Waals surface area (Å²) >= 11 is 0. The monoisotopic (exact) mass is 925 g/mol. The van der Waals surface area contributed by atoms with Crippen LogP contribution < -0.4 is 10.6 Å². The van der Waals surface area contributed by atoms with Crippen molar-refractivity contribution in [2.75, 3.05) is 33.8 Å². The number of hydrogen-bond donors (Lipinski definition) is 2. The minimum Gasteiger partial charge on any atom is -0.462 e. The first kappa shape index (κ1) is 49.4. The van der Waals surface area contributed by atoms with E-state index in [1.807, 2.05) is 109 Å². The molecule has 2 fully saturated rings. The highest BCUT2D eigenvalue weighted by molar-refractivity contribution is 5.96. The number of likely N-dealkylation sites (tertiary alicyclic amines) is 1. The van der Waals surface area contributed by atoms with Crippen molar-refractivity contribution in [1.82, 2.24) is 25.3 Å². The Bertz CT molecular complexity index is 2300. The molecule has 13 nitrogen and oxygen atoms in total. The maximum atomic E-state index is 15.1. The lowest BCUT2D eigenvalue weighted by Crippen LogP contribution is -2.60. The molecule has 4 atom stereocenters. The van der Waals surface area contributed by atoms with Crippen LogP contribution in [-0.4, -0.2) is 114 Å². The molecule has 13 heteroatoms. The highest BCUT2D eigenvalue weighted by Gasteiger charge is 2.40. The van der Waals surface area contributed by atoms with Gasteiger partial charge in [0.05, 0.1) is 6.42 Å². The summed E-state index contributed by atoms with van der Waals surface area (Å²) in [5, 5.41) is 5.60. The van der Waals surface area contributed by atoms with Crippen LogP contribution in [0.3, 0.4) is 0 Å². The smallest absolute Gasteiger partial charge is 0.407 e. The number of esters is 1. The second kappa shape index (κ2) is 24.0. The summed E-state index contributed by atoms with van der Waals surface area (Å²) in [5.41, 5.74) is 5.70. The van der Waals surface area contributed by atoms with Gasteiger partial charge in [0.25, 0.3) is 0 Å². The van der Waals surface area contributed by atoms with Crippen molar-refractivity contribution in [3.8, 4) is 11.1 Å². The predicted octanol–water partition coefficient (Wildman–Crippen LogP) is 7.60. The van der Waals surface area contributed by atoms with E-state index in [-0.39, 0.29) is 37.4 Å². The predicted molar refractivity (Wildman–Crippen MR) is 260 cm³/mol. The van der Waals surface area contributed by atoms with Crippen LogP contribution in [-0.2, 0) is 46.3 Å². The Hall–Kier alpha value is -6.50. The summed E-state index contributed by atoms with van der Waals surface area (Å²) in [7, 11) is 3.00. The molecular weight excluding hydrogens is 859 g/mol. The average molecular weight is 926 g/mol. The lowest BCUT2D eigenvalue weighted by Gasteiger charge is -2.36. The summed E-state index contributed by atoms with van der Waals surface area (Å²) in [5.74, 6) is -2.84. The lowest BCUT2D eigenvalue weighted by atomic mass is 9.98. The van der Waals surface area contributed by atoms with E-state index in [1.54, 1.807) is 11.8 Å². The average Bonchev–Trinajstić information content (AvgIpc) is 3.67. The first-order chi connectivity index (χ1) is 33.0. The van der Waals surface area contributed by atoms with Crippen LogP contribution in [0.5, 0.6) is 0 Å². The Morgan fingerprint density at radius 3 is 1.71 bits per heavy atom. The van der Waals surface area contributed by atoms with Gasteiger partial charge < -0.3 is 34.8 Å². The standard InChI is InChI=1S/C55H67N5O8/c1-38(52(63)60-32-20-9-21-33-60)56-51(62)48(34-39-22-10-7-11-23-39)58(2)54(65)49(35-40-24-12-8-13-25-40)59(3)53(64)47(36-50(61)68-41-26-14-5-4-6-15-27-41)57-55(66)67-37-46-44-30-18-16-28-42(44)43-29-17-19-31-45(43)46/h7-8,10-13,16-19,22-25,28-31,38,41,46-49H,4-6,9,14-15,20-21,26-27,32-37H2,1-3H3,(H,56,62)(H,57,66)/t38-,47-,48-,49-/m0/s1. The number of amides is 5. The van der Waals surface area contributed by atoms with Gasteiger partial charge in [0, 0.05) is 45.9 Å². The Labute approximate surface area is 400 Å². The highest BCUT2D eigenvalue weighted by Crippen LogP contribution is 2.44. The second-order valence-corrected chi connectivity index (χ2v) is 18.6. The number of fused-ring (bicyclic) bond motifs is 3. The van der Waals surface area contributed by atoms with E-state index < -0.39 is 60.4 Å². The molecule has 1 saturated heterocycles. The normalized spacial score (nSPS) is 16.8. The first-order valence-corrected chi connectivity index (χ1v) is 24.5. The zero-order valence-corrected chi connectivity index (χ0v) is 39.8. The number of benzene rings is 4. The molecule has 7 rings (SSSR count). The van der Waals surface area contributed by atoms with E-state index in [0.29, 0.717) is 25.9 Å². The van der Waals surface area contributed by atoms with Crippen molar-refractivity contribution < 1.29 is 38.2 Å². The molecule has 2 N–H and O–H groups in total. The Morgan fingerprint density at radius 1 is 0.618 bits per heavy atom. The number of likely N-dealkylation sites (N-methyl/N-ethyl adjacent to an activating group) is 2. The number of rotatable bonds is 17. The Kier molecular flexibility index (Phi) is 17.4. The summed E-state index contributed by atoms with van der Waals surface area (Å²) in [6.07, 6.45) is 7.88. The summed E-state index contributed by atoms with van der Waals surface area (Å²) in [6.45, 7) is 2.90. The number of piperidine rings is 1. The topological polar surface area (TPSA) is 155 Å². The van der Waals surface area contributed by atoms with E-state index in [0.717, 1.165) is 84.7 Å². The molecule has 1 aliphatic heterocycles. The molecule has 0 aromatic heterocycles. The number of ether oxygens (including phenoxy) is 2. The van der Waals surface area contributed by atoms with E-state index >= 15 is 4.79 Å². The van der Waals surface area contributed by atoms with Gasteiger partial charge in [-0.15, -0.1) is 0 Å². The van der Waals surface area contributed by atoms with E-state index in [1.165, 1.54) is 23.9 Å². The SMILES string of the molecule is C[C@H](NC(=O)[C@H](Cc1ccccc1)N(C)C(=O)[C@H](Cc1ccccc1)N(C)C(=O)[C@H](CC(=O)OC1CCCCCCC1)NC(=O)OCC1c2ccccc2-c2ccccc21)C(=O)N1CCCCC1. The number of hydrogen-bond acceptors (Lipinski definition) is 8. The van der Waals surface area contributed by atoms with Crippen LogP contribution in [0.15, 0.2) is 109 Å². The molecule has 1 heterocycles. The van der Waals surface area contributed by atoms with Gasteiger partial charge in [0.2, 0.25) is 23.6 Å². The van der Waals surface area contributed by atoms with Gasteiger partial charge in [-0.05, 0) is 85.3 Å². The molecule has 0 spiro atoms. The van der Waals surface area contributed by atoms with Gasteiger partial charge in [-0.2, -0.15) is 0 Å². The third-order valence-electron chi connectivity index (χ3n) is 13.8. The summed E-state index contributed by atoms with van der Waals surface area (Å²) in [4.78, 5) is 90.0. The molecule has 4 aromatic rings. The van der Waals surface area contributed by atoms with E-state index in [4.69, 9.17) is 9.47 Å².